The summed E-state index contributed by atoms with van der Waals surface area (Å²) in [6.45, 7) is 2.34. The van der Waals surface area contributed by atoms with Crippen molar-refractivity contribution in [3.8, 4) is 0 Å². The molecule has 0 atom stereocenters. The number of hydrogen-bond donors (Lipinski definition) is 0. The highest BCUT2D eigenvalue weighted by Gasteiger charge is 2.12. The van der Waals surface area contributed by atoms with Crippen LogP contribution in [0.25, 0.3) is 0 Å². The van der Waals surface area contributed by atoms with Crippen LogP contribution < -0.4 is 0 Å². The third kappa shape index (κ3) is 4.21. The van der Waals surface area contributed by atoms with E-state index in [-0.39, 0.29) is 12.4 Å². The molecule has 7 heteroatoms. The van der Waals surface area contributed by atoms with E-state index in [0.29, 0.717) is 6.61 Å². The number of carbonyl (C=O) groups excluding carboxylic acids is 2. The Morgan fingerprint density at radius 3 is 2.88 bits per heavy atom. The highest BCUT2D eigenvalue weighted by atomic mass is 16.5. The first-order valence-electron chi connectivity index (χ1n) is 5.30. The Bertz CT molecular complexity index is 389. The van der Waals surface area contributed by atoms with Gasteiger partial charge in [0.2, 0.25) is 0 Å². The van der Waals surface area contributed by atoms with Crippen LogP contribution in [0, 0.1) is 0 Å². The van der Waals surface area contributed by atoms with Crippen molar-refractivity contribution in [3.63, 3.8) is 0 Å². The molecule has 0 saturated heterocycles. The van der Waals surface area contributed by atoms with Gasteiger partial charge in [0.05, 0.1) is 13.7 Å². The Hall–Kier alpha value is -1.92. The summed E-state index contributed by atoms with van der Waals surface area (Å²) in [7, 11) is 1.24. The van der Waals surface area contributed by atoms with Gasteiger partial charge in [0, 0.05) is 0 Å². The molecular weight excluding hydrogens is 226 g/mol. The Labute approximate surface area is 98.7 Å². The molecule has 1 rings (SSSR count). The number of ether oxygens (including phenoxy) is 2. The van der Waals surface area contributed by atoms with Crippen molar-refractivity contribution in [2.75, 3.05) is 13.7 Å². The third-order valence-electron chi connectivity index (χ3n) is 1.96. The van der Waals surface area contributed by atoms with Gasteiger partial charge in [0.15, 0.2) is 0 Å². The van der Waals surface area contributed by atoms with Crippen LogP contribution >= 0.6 is 0 Å². The second-order valence-corrected chi connectivity index (χ2v) is 3.33. The number of unbranched alkanes of at least 4 members (excludes halogenated alkanes) is 1. The van der Waals surface area contributed by atoms with Crippen molar-refractivity contribution in [2.45, 2.75) is 26.3 Å². The molecule has 1 aromatic rings. The van der Waals surface area contributed by atoms with Crippen LogP contribution in [-0.2, 0) is 20.8 Å². The summed E-state index contributed by atoms with van der Waals surface area (Å²) in [6, 6.07) is 0. The van der Waals surface area contributed by atoms with Crippen LogP contribution in [0.1, 0.15) is 30.4 Å². The lowest BCUT2D eigenvalue weighted by Gasteiger charge is -2.02. The Morgan fingerprint density at radius 2 is 2.24 bits per heavy atom. The first kappa shape index (κ1) is 13.1. The van der Waals surface area contributed by atoms with E-state index in [1.807, 2.05) is 6.92 Å². The quantitative estimate of drug-likeness (QED) is 0.529. The molecule has 0 spiro atoms. The minimum Gasteiger partial charge on any atom is -0.464 e. The SMILES string of the molecule is CCCCOC(=O)Cn1cnc(C(=O)OC)n1. The van der Waals surface area contributed by atoms with Gasteiger partial charge >= 0.3 is 11.9 Å². The minimum absolute atomic E-state index is 0.0618. The molecule has 1 aromatic heterocycles. The van der Waals surface area contributed by atoms with Gasteiger partial charge in [-0.2, -0.15) is 0 Å². The zero-order valence-electron chi connectivity index (χ0n) is 9.88. The fourth-order valence-electron chi connectivity index (χ4n) is 1.06. The van der Waals surface area contributed by atoms with E-state index < -0.39 is 11.9 Å². The maximum Gasteiger partial charge on any atom is 0.377 e. The summed E-state index contributed by atoms with van der Waals surface area (Å²) >= 11 is 0. The fourth-order valence-corrected chi connectivity index (χ4v) is 1.06. The molecule has 0 aliphatic rings. The van der Waals surface area contributed by atoms with Crippen LogP contribution in [0.5, 0.6) is 0 Å². The summed E-state index contributed by atoms with van der Waals surface area (Å²) < 4.78 is 10.6. The summed E-state index contributed by atoms with van der Waals surface area (Å²) in [5.41, 5.74) is 0. The highest BCUT2D eigenvalue weighted by molar-refractivity contribution is 5.84. The van der Waals surface area contributed by atoms with Crippen molar-refractivity contribution in [1.82, 2.24) is 14.8 Å². The van der Waals surface area contributed by atoms with Crippen molar-refractivity contribution in [3.05, 3.63) is 12.2 Å². The maximum absolute atomic E-state index is 11.3. The fraction of sp³-hybridized carbons (Fsp3) is 0.600. The molecule has 0 amide bonds. The van der Waals surface area contributed by atoms with Gasteiger partial charge in [-0.25, -0.2) is 14.5 Å². The largest absolute Gasteiger partial charge is 0.464 e. The van der Waals surface area contributed by atoms with E-state index in [1.54, 1.807) is 0 Å². The van der Waals surface area contributed by atoms with E-state index in [4.69, 9.17) is 4.74 Å². The topological polar surface area (TPSA) is 83.3 Å². The second kappa shape index (κ2) is 6.62. The average Bonchev–Trinajstić information content (AvgIpc) is 2.77. The van der Waals surface area contributed by atoms with Gasteiger partial charge in [-0.15, -0.1) is 5.10 Å². The minimum atomic E-state index is -0.636. The molecule has 0 unspecified atom stereocenters. The third-order valence-corrected chi connectivity index (χ3v) is 1.96. The van der Waals surface area contributed by atoms with Crippen molar-refractivity contribution < 1.29 is 19.1 Å². The summed E-state index contributed by atoms with van der Waals surface area (Å²) in [5.74, 6) is -1.11. The number of rotatable bonds is 6. The number of methoxy groups -OCH3 is 1. The first-order valence-corrected chi connectivity index (χ1v) is 5.30. The van der Waals surface area contributed by atoms with E-state index in [2.05, 4.69) is 14.8 Å². The first-order chi connectivity index (χ1) is 8.17. The molecule has 0 saturated carbocycles. The number of carbonyl (C=O) groups is 2. The monoisotopic (exact) mass is 241 g/mol. The van der Waals surface area contributed by atoms with E-state index in [1.165, 1.54) is 18.1 Å². The Balaban J connectivity index is 2.43. The highest BCUT2D eigenvalue weighted by Crippen LogP contribution is 1.95. The van der Waals surface area contributed by atoms with Gasteiger partial charge < -0.3 is 9.47 Å². The molecule has 7 nitrogen and oxygen atoms in total. The van der Waals surface area contributed by atoms with E-state index >= 15 is 0 Å². The average molecular weight is 241 g/mol. The standard InChI is InChI=1S/C10H15N3O4/c1-3-4-5-17-8(14)6-13-7-11-9(12-13)10(15)16-2/h7H,3-6H2,1-2H3. The molecule has 0 aliphatic heterocycles. The van der Waals surface area contributed by atoms with Crippen molar-refractivity contribution >= 4 is 11.9 Å². The predicted molar refractivity (Wildman–Crippen MR) is 57.2 cm³/mol. The Kier molecular flexibility index (Phi) is 5.12. The predicted octanol–water partition coefficient (Wildman–Crippen LogP) is 0.408. The number of esters is 2. The van der Waals surface area contributed by atoms with Crippen molar-refractivity contribution in [2.24, 2.45) is 0 Å². The molecule has 17 heavy (non-hydrogen) atoms. The molecule has 0 radical (unpaired) electrons. The molecular formula is C10H15N3O4. The van der Waals surface area contributed by atoms with E-state index in [9.17, 15) is 9.59 Å². The van der Waals surface area contributed by atoms with Gasteiger partial charge in [-0.05, 0) is 6.42 Å². The zero-order chi connectivity index (χ0) is 12.7. The normalized spacial score (nSPS) is 10.0. The lowest BCUT2D eigenvalue weighted by Crippen LogP contribution is -2.15. The number of hydrogen-bond acceptors (Lipinski definition) is 6. The van der Waals surface area contributed by atoms with Gasteiger partial charge in [-0.1, -0.05) is 13.3 Å². The number of nitrogens with zero attached hydrogens (tertiary/aromatic N) is 3. The summed E-state index contributed by atoms with van der Waals surface area (Å²) in [4.78, 5) is 26.1. The van der Waals surface area contributed by atoms with Gasteiger partial charge in [0.1, 0.15) is 12.9 Å². The van der Waals surface area contributed by atoms with Crippen molar-refractivity contribution in [1.29, 1.82) is 0 Å². The van der Waals surface area contributed by atoms with Crippen LogP contribution in [0.15, 0.2) is 6.33 Å². The molecule has 0 aromatic carbocycles. The smallest absolute Gasteiger partial charge is 0.377 e. The van der Waals surface area contributed by atoms with Gasteiger partial charge in [0.25, 0.3) is 5.82 Å². The van der Waals surface area contributed by atoms with Gasteiger partial charge in [-0.3, -0.25) is 4.79 Å². The van der Waals surface area contributed by atoms with Crippen LogP contribution in [-0.4, -0.2) is 40.4 Å². The molecule has 94 valence electrons. The second-order valence-electron chi connectivity index (χ2n) is 3.33. The summed E-state index contributed by atoms with van der Waals surface area (Å²) in [5, 5.41) is 3.78. The molecule has 1 heterocycles. The van der Waals surface area contributed by atoms with Crippen LogP contribution in [0.2, 0.25) is 0 Å². The van der Waals surface area contributed by atoms with E-state index in [0.717, 1.165) is 12.8 Å². The molecule has 0 aliphatic carbocycles. The molecule has 0 bridgehead atoms. The van der Waals surface area contributed by atoms with Crippen LogP contribution in [0.4, 0.5) is 0 Å². The maximum atomic E-state index is 11.3. The lowest BCUT2D eigenvalue weighted by molar-refractivity contribution is -0.144. The van der Waals surface area contributed by atoms with Crippen LogP contribution in [0.3, 0.4) is 0 Å². The zero-order valence-corrected chi connectivity index (χ0v) is 9.88. The molecule has 0 N–H and O–H groups in total. The Morgan fingerprint density at radius 1 is 1.47 bits per heavy atom. The molecule has 0 fully saturated rings. The number of aromatic nitrogens is 3. The summed E-state index contributed by atoms with van der Waals surface area (Å²) in [6.07, 6.45) is 3.08. The lowest BCUT2D eigenvalue weighted by atomic mass is 10.4.